The number of likely N-dealkylation sites (N-methyl/N-ethyl adjacent to an activating group) is 1. The highest BCUT2D eigenvalue weighted by Gasteiger charge is 2.15. The lowest BCUT2D eigenvalue weighted by molar-refractivity contribution is 0.355. The molecule has 2 N–H and O–H groups in total. The zero-order valence-electron chi connectivity index (χ0n) is 9.27. The van der Waals surface area contributed by atoms with Gasteiger partial charge in [0.25, 0.3) is 0 Å². The maximum absolute atomic E-state index is 5.16. The van der Waals surface area contributed by atoms with Gasteiger partial charge in [-0.05, 0) is 6.54 Å². The van der Waals surface area contributed by atoms with Crippen LogP contribution in [0.15, 0.2) is 10.7 Å². The van der Waals surface area contributed by atoms with Gasteiger partial charge >= 0.3 is 0 Å². The van der Waals surface area contributed by atoms with E-state index in [1.807, 2.05) is 6.92 Å². The predicted molar refractivity (Wildman–Crippen MR) is 56.6 cm³/mol. The average molecular weight is 222 g/mol. The third kappa shape index (κ3) is 2.25. The molecule has 0 saturated carbocycles. The van der Waals surface area contributed by atoms with Gasteiger partial charge < -0.3 is 9.84 Å². The number of nitrogens with one attached hydrogen (secondary N) is 2. The largest absolute Gasteiger partial charge is 0.339 e. The fourth-order valence-electron chi connectivity index (χ4n) is 1.30. The second-order valence-electron chi connectivity index (χ2n) is 3.52. The van der Waals surface area contributed by atoms with Gasteiger partial charge in [0, 0.05) is 12.5 Å². The Bertz CT molecular complexity index is 423. The van der Waals surface area contributed by atoms with E-state index in [0.29, 0.717) is 17.4 Å². The van der Waals surface area contributed by atoms with Gasteiger partial charge in [0.05, 0.1) is 6.20 Å². The highest BCUT2D eigenvalue weighted by molar-refractivity contribution is 5.44. The van der Waals surface area contributed by atoms with Gasteiger partial charge in [0.2, 0.25) is 11.7 Å². The summed E-state index contributed by atoms with van der Waals surface area (Å²) in [7, 11) is 0. The molecule has 0 aliphatic carbocycles. The molecular weight excluding hydrogens is 208 g/mol. The first-order valence-electron chi connectivity index (χ1n) is 5.21. The molecular formula is C9H14N6O. The monoisotopic (exact) mass is 222 g/mol. The normalized spacial score (nSPS) is 12.9. The van der Waals surface area contributed by atoms with E-state index in [1.54, 1.807) is 6.20 Å². The Balaban J connectivity index is 2.07. The summed E-state index contributed by atoms with van der Waals surface area (Å²) in [5.74, 6) is 1.26. The van der Waals surface area contributed by atoms with E-state index in [2.05, 4.69) is 37.8 Å². The number of aromatic nitrogens is 5. The van der Waals surface area contributed by atoms with Crippen molar-refractivity contribution in [2.75, 3.05) is 13.1 Å². The molecule has 0 bridgehead atoms. The lowest BCUT2D eigenvalue weighted by Crippen LogP contribution is -2.19. The quantitative estimate of drug-likeness (QED) is 0.768. The van der Waals surface area contributed by atoms with Crippen LogP contribution in [0.3, 0.4) is 0 Å². The van der Waals surface area contributed by atoms with Crippen LogP contribution >= 0.6 is 0 Å². The molecule has 0 radical (unpaired) electrons. The molecule has 0 saturated heterocycles. The van der Waals surface area contributed by atoms with Gasteiger partial charge in [-0.15, -0.1) is 0 Å². The molecule has 1 unspecified atom stereocenters. The van der Waals surface area contributed by atoms with Crippen molar-refractivity contribution in [3.63, 3.8) is 0 Å². The number of nitrogens with zero attached hydrogens (tertiary/aromatic N) is 4. The van der Waals surface area contributed by atoms with Crippen molar-refractivity contribution in [3.8, 4) is 11.5 Å². The van der Waals surface area contributed by atoms with Gasteiger partial charge in [-0.2, -0.15) is 20.4 Å². The molecule has 16 heavy (non-hydrogen) atoms. The first kappa shape index (κ1) is 10.7. The van der Waals surface area contributed by atoms with Crippen LogP contribution in [-0.4, -0.2) is 38.6 Å². The first-order valence-corrected chi connectivity index (χ1v) is 5.21. The van der Waals surface area contributed by atoms with Gasteiger partial charge in [0.1, 0.15) is 0 Å². The molecule has 2 heterocycles. The van der Waals surface area contributed by atoms with Gasteiger partial charge in [-0.25, -0.2) is 0 Å². The standard InChI is InChI=1S/C9H14N6O/c1-3-10-4-6(2)9-12-8(14-16-9)7-5-11-15-13-7/h5-6,10H,3-4H2,1-2H3,(H,11,13,15). The van der Waals surface area contributed by atoms with Crippen LogP contribution in [0.5, 0.6) is 0 Å². The average Bonchev–Trinajstić information content (AvgIpc) is 2.94. The Kier molecular flexibility index (Phi) is 3.25. The number of hydrogen-bond donors (Lipinski definition) is 2. The molecule has 0 fully saturated rings. The summed E-state index contributed by atoms with van der Waals surface area (Å²) in [5.41, 5.74) is 0.589. The highest BCUT2D eigenvalue weighted by Crippen LogP contribution is 2.16. The molecule has 0 aliphatic heterocycles. The minimum absolute atomic E-state index is 0.188. The maximum atomic E-state index is 5.16. The van der Waals surface area contributed by atoms with Crippen LogP contribution in [-0.2, 0) is 0 Å². The number of aromatic amines is 1. The van der Waals surface area contributed by atoms with Crippen LogP contribution < -0.4 is 5.32 Å². The van der Waals surface area contributed by atoms with Crippen LogP contribution in [0, 0.1) is 0 Å². The topological polar surface area (TPSA) is 92.5 Å². The third-order valence-corrected chi connectivity index (χ3v) is 2.21. The maximum Gasteiger partial charge on any atom is 0.231 e. The lowest BCUT2D eigenvalue weighted by Gasteiger charge is -2.05. The second kappa shape index (κ2) is 4.84. The molecule has 0 amide bonds. The lowest BCUT2D eigenvalue weighted by atomic mass is 10.2. The van der Waals surface area contributed by atoms with Crippen LogP contribution in [0.4, 0.5) is 0 Å². The Morgan fingerprint density at radius 1 is 1.56 bits per heavy atom. The SMILES string of the molecule is CCNCC(C)c1nc(-c2cn[nH]n2)no1. The molecule has 2 rings (SSSR count). The molecule has 7 heteroatoms. The number of H-pyrrole nitrogens is 1. The number of hydrogen-bond acceptors (Lipinski definition) is 6. The van der Waals surface area contributed by atoms with Gasteiger partial charge in [-0.3, -0.25) is 0 Å². The summed E-state index contributed by atoms with van der Waals surface area (Å²) < 4.78 is 5.16. The minimum Gasteiger partial charge on any atom is -0.339 e. The summed E-state index contributed by atoms with van der Waals surface area (Å²) in [6.45, 7) is 5.83. The smallest absolute Gasteiger partial charge is 0.231 e. The van der Waals surface area contributed by atoms with E-state index in [1.165, 1.54) is 0 Å². The van der Waals surface area contributed by atoms with E-state index >= 15 is 0 Å². The summed E-state index contributed by atoms with van der Waals surface area (Å²) in [5, 5.41) is 17.2. The Morgan fingerprint density at radius 3 is 3.12 bits per heavy atom. The van der Waals surface area contributed by atoms with Crippen LogP contribution in [0.1, 0.15) is 25.7 Å². The minimum atomic E-state index is 0.188. The summed E-state index contributed by atoms with van der Waals surface area (Å²) >= 11 is 0. The van der Waals surface area contributed by atoms with Crippen molar-refractivity contribution in [3.05, 3.63) is 12.1 Å². The summed E-state index contributed by atoms with van der Waals surface area (Å²) in [4.78, 5) is 4.27. The van der Waals surface area contributed by atoms with Crippen molar-refractivity contribution in [2.45, 2.75) is 19.8 Å². The zero-order valence-corrected chi connectivity index (χ0v) is 9.27. The van der Waals surface area contributed by atoms with E-state index in [4.69, 9.17) is 4.52 Å². The van der Waals surface area contributed by atoms with Crippen LogP contribution in [0.2, 0.25) is 0 Å². The molecule has 0 aliphatic rings. The van der Waals surface area contributed by atoms with Gasteiger partial charge in [0.15, 0.2) is 5.69 Å². The van der Waals surface area contributed by atoms with E-state index < -0.39 is 0 Å². The fourth-order valence-corrected chi connectivity index (χ4v) is 1.30. The van der Waals surface area contributed by atoms with Crippen molar-refractivity contribution in [1.82, 2.24) is 30.9 Å². The van der Waals surface area contributed by atoms with Crippen molar-refractivity contribution in [2.24, 2.45) is 0 Å². The summed E-state index contributed by atoms with van der Waals surface area (Å²) in [6, 6.07) is 0. The molecule has 2 aromatic heterocycles. The molecule has 0 aromatic carbocycles. The Hall–Kier alpha value is -1.76. The second-order valence-corrected chi connectivity index (χ2v) is 3.52. The first-order chi connectivity index (χ1) is 7.81. The predicted octanol–water partition coefficient (Wildman–Crippen LogP) is 0.568. The molecule has 1 atom stereocenters. The van der Waals surface area contributed by atoms with Crippen molar-refractivity contribution >= 4 is 0 Å². The number of rotatable bonds is 5. The summed E-state index contributed by atoms with van der Waals surface area (Å²) in [6.07, 6.45) is 1.56. The molecule has 7 nitrogen and oxygen atoms in total. The Morgan fingerprint density at radius 2 is 2.44 bits per heavy atom. The highest BCUT2D eigenvalue weighted by atomic mass is 16.5. The van der Waals surface area contributed by atoms with E-state index in [-0.39, 0.29) is 5.92 Å². The fraction of sp³-hybridized carbons (Fsp3) is 0.556. The van der Waals surface area contributed by atoms with Crippen molar-refractivity contribution in [1.29, 1.82) is 0 Å². The molecule has 2 aromatic rings. The van der Waals surface area contributed by atoms with Crippen LogP contribution in [0.25, 0.3) is 11.5 Å². The van der Waals surface area contributed by atoms with Gasteiger partial charge in [-0.1, -0.05) is 19.0 Å². The third-order valence-electron chi connectivity index (χ3n) is 2.21. The molecule has 86 valence electrons. The van der Waals surface area contributed by atoms with Crippen molar-refractivity contribution < 1.29 is 4.52 Å². The van der Waals surface area contributed by atoms with E-state index in [0.717, 1.165) is 13.1 Å². The zero-order chi connectivity index (χ0) is 11.4. The Labute approximate surface area is 92.6 Å². The molecule has 0 spiro atoms. The van der Waals surface area contributed by atoms with E-state index in [9.17, 15) is 0 Å².